The molecule has 0 atom stereocenters. The van der Waals surface area contributed by atoms with E-state index in [1.54, 1.807) is 0 Å². The molecule has 2 aromatic carbocycles. The summed E-state index contributed by atoms with van der Waals surface area (Å²) in [5.41, 5.74) is 0.948. The highest BCUT2D eigenvalue weighted by Crippen LogP contribution is 2.24. The summed E-state index contributed by atoms with van der Waals surface area (Å²) in [6, 6.07) is 13.5. The second kappa shape index (κ2) is 7.01. The first-order chi connectivity index (χ1) is 10.8. The van der Waals surface area contributed by atoms with Crippen LogP contribution in [0.3, 0.4) is 0 Å². The number of hydrogen-bond donors (Lipinski definition) is 1. The second-order valence-corrected chi connectivity index (χ2v) is 6.42. The third-order valence-corrected chi connectivity index (χ3v) is 4.36. The van der Waals surface area contributed by atoms with Gasteiger partial charge in [-0.1, -0.05) is 36.4 Å². The van der Waals surface area contributed by atoms with E-state index in [1.165, 1.54) is 12.1 Å². The van der Waals surface area contributed by atoms with Crippen LogP contribution in [-0.4, -0.2) is 21.3 Å². The molecule has 8 heteroatoms. The van der Waals surface area contributed by atoms with Crippen molar-refractivity contribution in [3.8, 4) is 5.75 Å². The molecule has 0 saturated carbocycles. The third kappa shape index (κ3) is 5.57. The van der Waals surface area contributed by atoms with Crippen LogP contribution >= 0.6 is 0 Å². The highest BCUT2D eigenvalue weighted by molar-refractivity contribution is 7.89. The van der Waals surface area contributed by atoms with Gasteiger partial charge in [-0.2, -0.15) is 0 Å². The van der Waals surface area contributed by atoms with Gasteiger partial charge in [0.1, 0.15) is 5.75 Å². The fraction of sp³-hybridized carbons (Fsp3) is 0.200. The van der Waals surface area contributed by atoms with Crippen LogP contribution in [0, 0.1) is 0 Å². The predicted molar refractivity (Wildman–Crippen MR) is 78.5 cm³/mol. The molecule has 0 aromatic heterocycles. The van der Waals surface area contributed by atoms with Gasteiger partial charge in [0.2, 0.25) is 10.0 Å². The Bertz CT molecular complexity index is 746. The minimum Gasteiger partial charge on any atom is -0.406 e. The third-order valence-electron chi connectivity index (χ3n) is 2.90. The Morgan fingerprint density at radius 3 is 2.35 bits per heavy atom. The minimum absolute atomic E-state index is 0.136. The van der Waals surface area contributed by atoms with Crippen molar-refractivity contribution in [3.63, 3.8) is 0 Å². The molecule has 0 aliphatic rings. The molecule has 0 bridgehead atoms. The molecule has 0 aliphatic carbocycles. The fourth-order valence-electron chi connectivity index (χ4n) is 1.90. The van der Waals surface area contributed by atoms with Gasteiger partial charge in [-0.05, 0) is 24.1 Å². The maximum absolute atomic E-state index is 12.2. The second-order valence-electron chi connectivity index (χ2n) is 4.66. The van der Waals surface area contributed by atoms with E-state index >= 15 is 0 Å². The van der Waals surface area contributed by atoms with Gasteiger partial charge in [0.25, 0.3) is 0 Å². The lowest BCUT2D eigenvalue weighted by Gasteiger charge is -2.11. The normalized spacial score (nSPS) is 12.1. The lowest BCUT2D eigenvalue weighted by Crippen LogP contribution is -2.26. The molecule has 0 spiro atoms. The van der Waals surface area contributed by atoms with Crippen molar-refractivity contribution < 1.29 is 26.3 Å². The van der Waals surface area contributed by atoms with Gasteiger partial charge in [0.15, 0.2) is 0 Å². The standard InChI is InChI=1S/C15H14F3NO3S/c16-15(17,18)22-13-7-4-8-14(11-13)23(20,21)19-10-9-12-5-2-1-3-6-12/h1-8,11,19H,9-10H2. The van der Waals surface area contributed by atoms with Crippen LogP contribution in [0.5, 0.6) is 5.75 Å². The maximum atomic E-state index is 12.2. The van der Waals surface area contributed by atoms with Crippen LogP contribution in [0.1, 0.15) is 5.56 Å². The molecule has 23 heavy (non-hydrogen) atoms. The summed E-state index contributed by atoms with van der Waals surface area (Å²) in [4.78, 5) is -0.285. The average molecular weight is 345 g/mol. The van der Waals surface area contributed by atoms with Crippen molar-refractivity contribution in [1.29, 1.82) is 0 Å². The lowest BCUT2D eigenvalue weighted by atomic mass is 10.2. The first-order valence-electron chi connectivity index (χ1n) is 6.66. The smallest absolute Gasteiger partial charge is 0.406 e. The summed E-state index contributed by atoms with van der Waals surface area (Å²) in [5.74, 6) is -0.580. The van der Waals surface area contributed by atoms with E-state index in [2.05, 4.69) is 9.46 Å². The van der Waals surface area contributed by atoms with E-state index in [0.29, 0.717) is 6.42 Å². The van der Waals surface area contributed by atoms with Gasteiger partial charge in [0.05, 0.1) is 4.90 Å². The Balaban J connectivity index is 2.03. The Kier molecular flexibility index (Phi) is 5.27. The number of ether oxygens (including phenoxy) is 1. The molecule has 124 valence electrons. The van der Waals surface area contributed by atoms with Gasteiger partial charge < -0.3 is 4.74 Å². The summed E-state index contributed by atoms with van der Waals surface area (Å²) >= 11 is 0. The number of hydrogen-bond acceptors (Lipinski definition) is 3. The van der Waals surface area contributed by atoms with Gasteiger partial charge in [-0.3, -0.25) is 0 Å². The molecule has 0 amide bonds. The van der Waals surface area contributed by atoms with Gasteiger partial charge in [-0.25, -0.2) is 13.1 Å². The fourth-order valence-corrected chi connectivity index (χ4v) is 2.96. The number of rotatable bonds is 6. The topological polar surface area (TPSA) is 55.4 Å². The molecule has 2 aromatic rings. The highest BCUT2D eigenvalue weighted by Gasteiger charge is 2.31. The molecule has 2 rings (SSSR count). The SMILES string of the molecule is O=S(=O)(NCCc1ccccc1)c1cccc(OC(F)(F)F)c1. The van der Waals surface area contributed by atoms with E-state index < -0.39 is 22.1 Å². The van der Waals surface area contributed by atoms with Crippen LogP contribution in [0.2, 0.25) is 0 Å². The van der Waals surface area contributed by atoms with E-state index in [1.807, 2.05) is 30.3 Å². The summed E-state index contributed by atoms with van der Waals surface area (Å²) in [5, 5.41) is 0. The number of sulfonamides is 1. The molecular weight excluding hydrogens is 331 g/mol. The van der Waals surface area contributed by atoms with Crippen LogP contribution in [-0.2, 0) is 16.4 Å². The predicted octanol–water partition coefficient (Wildman–Crippen LogP) is 3.11. The summed E-state index contributed by atoms with van der Waals surface area (Å²) in [6.45, 7) is 0.136. The summed E-state index contributed by atoms with van der Waals surface area (Å²) in [7, 11) is -3.91. The summed E-state index contributed by atoms with van der Waals surface area (Å²) < 4.78 is 66.8. The van der Waals surface area contributed by atoms with Crippen LogP contribution in [0.4, 0.5) is 13.2 Å². The van der Waals surface area contributed by atoms with E-state index in [4.69, 9.17) is 0 Å². The van der Waals surface area contributed by atoms with Gasteiger partial charge in [0, 0.05) is 12.6 Å². The zero-order chi connectivity index (χ0) is 16.9. The molecule has 0 saturated heterocycles. The number of benzene rings is 2. The minimum atomic E-state index is -4.87. The van der Waals surface area contributed by atoms with Crippen molar-refractivity contribution in [2.75, 3.05) is 6.54 Å². The van der Waals surface area contributed by atoms with E-state index in [9.17, 15) is 21.6 Å². The van der Waals surface area contributed by atoms with Crippen molar-refractivity contribution >= 4 is 10.0 Å². The van der Waals surface area contributed by atoms with E-state index in [-0.39, 0.29) is 11.4 Å². The zero-order valence-electron chi connectivity index (χ0n) is 11.9. The zero-order valence-corrected chi connectivity index (χ0v) is 12.7. The molecule has 0 heterocycles. The van der Waals surface area contributed by atoms with Gasteiger partial charge in [-0.15, -0.1) is 13.2 Å². The molecule has 0 fully saturated rings. The first kappa shape index (κ1) is 17.3. The highest BCUT2D eigenvalue weighted by atomic mass is 32.2. The van der Waals surface area contributed by atoms with Crippen LogP contribution < -0.4 is 9.46 Å². The molecule has 0 unspecified atom stereocenters. The average Bonchev–Trinajstić information content (AvgIpc) is 2.47. The number of nitrogens with one attached hydrogen (secondary N) is 1. The van der Waals surface area contributed by atoms with Crippen molar-refractivity contribution in [2.24, 2.45) is 0 Å². The lowest BCUT2D eigenvalue weighted by molar-refractivity contribution is -0.274. The molecular formula is C15H14F3NO3S. The van der Waals surface area contributed by atoms with Crippen LogP contribution in [0.15, 0.2) is 59.5 Å². The number of halogens is 3. The van der Waals surface area contributed by atoms with Crippen molar-refractivity contribution in [2.45, 2.75) is 17.7 Å². The van der Waals surface area contributed by atoms with Crippen molar-refractivity contribution in [3.05, 3.63) is 60.2 Å². The molecule has 0 aliphatic heterocycles. The van der Waals surface area contributed by atoms with E-state index in [0.717, 1.165) is 17.7 Å². The monoisotopic (exact) mass is 345 g/mol. The Morgan fingerprint density at radius 1 is 1.00 bits per heavy atom. The van der Waals surface area contributed by atoms with Crippen LogP contribution in [0.25, 0.3) is 0 Å². The quantitative estimate of drug-likeness (QED) is 0.875. The molecule has 0 radical (unpaired) electrons. The Morgan fingerprint density at radius 2 is 1.70 bits per heavy atom. The molecule has 1 N–H and O–H groups in total. The Labute approximate surface area is 132 Å². The van der Waals surface area contributed by atoms with Crippen molar-refractivity contribution in [1.82, 2.24) is 4.72 Å². The summed E-state index contributed by atoms with van der Waals surface area (Å²) in [6.07, 6.45) is -4.40. The number of alkyl halides is 3. The van der Waals surface area contributed by atoms with Gasteiger partial charge >= 0.3 is 6.36 Å². The molecule has 4 nitrogen and oxygen atoms in total. The first-order valence-corrected chi connectivity index (χ1v) is 8.14. The maximum Gasteiger partial charge on any atom is 0.573 e. The largest absolute Gasteiger partial charge is 0.573 e. The Hall–Kier alpha value is -2.06.